The SMILES string of the molecule is CCc1nn(CCC2OCCCO2)c(CC)c1[N+](=O)[O-]. The third-order valence-electron chi connectivity index (χ3n) is 3.42. The van der Waals surface area contributed by atoms with E-state index in [2.05, 4.69) is 5.10 Å². The maximum atomic E-state index is 11.2. The molecule has 0 saturated carbocycles. The van der Waals surface area contributed by atoms with Crippen LogP contribution in [0.3, 0.4) is 0 Å². The van der Waals surface area contributed by atoms with Gasteiger partial charge in [-0.15, -0.1) is 0 Å². The monoisotopic (exact) mass is 283 g/mol. The van der Waals surface area contributed by atoms with Crippen molar-refractivity contribution in [1.82, 2.24) is 9.78 Å². The number of nitro groups is 1. The summed E-state index contributed by atoms with van der Waals surface area (Å²) in [4.78, 5) is 10.9. The summed E-state index contributed by atoms with van der Waals surface area (Å²) in [5.41, 5.74) is 1.40. The van der Waals surface area contributed by atoms with E-state index in [0.717, 1.165) is 6.42 Å². The van der Waals surface area contributed by atoms with Gasteiger partial charge in [0.15, 0.2) is 6.29 Å². The molecular weight excluding hydrogens is 262 g/mol. The second-order valence-corrected chi connectivity index (χ2v) is 4.74. The summed E-state index contributed by atoms with van der Waals surface area (Å²) < 4.78 is 12.7. The Morgan fingerprint density at radius 3 is 2.60 bits per heavy atom. The van der Waals surface area contributed by atoms with Gasteiger partial charge in [0.25, 0.3) is 0 Å². The first-order chi connectivity index (χ1) is 9.67. The van der Waals surface area contributed by atoms with E-state index in [9.17, 15) is 10.1 Å². The van der Waals surface area contributed by atoms with Gasteiger partial charge in [-0.1, -0.05) is 13.8 Å². The molecule has 7 heteroatoms. The van der Waals surface area contributed by atoms with Crippen molar-refractivity contribution in [1.29, 1.82) is 0 Å². The van der Waals surface area contributed by atoms with Gasteiger partial charge in [-0.2, -0.15) is 5.10 Å². The summed E-state index contributed by atoms with van der Waals surface area (Å²) >= 11 is 0. The molecule has 0 aromatic carbocycles. The topological polar surface area (TPSA) is 79.4 Å². The third kappa shape index (κ3) is 3.16. The molecular formula is C13H21N3O4. The van der Waals surface area contributed by atoms with Crippen LogP contribution in [-0.2, 0) is 28.9 Å². The Hall–Kier alpha value is -1.47. The van der Waals surface area contributed by atoms with Crippen molar-refractivity contribution >= 4 is 5.69 Å². The molecule has 2 heterocycles. The standard InChI is InChI=1S/C13H21N3O4/c1-3-10-13(16(17)18)11(4-2)15(14-10)7-6-12-19-8-5-9-20-12/h12H,3-9H2,1-2H3. The maximum Gasteiger partial charge on any atom is 0.313 e. The first-order valence-corrected chi connectivity index (χ1v) is 7.13. The zero-order chi connectivity index (χ0) is 14.5. The Bertz CT molecular complexity index is 466. The van der Waals surface area contributed by atoms with E-state index in [0.29, 0.717) is 50.4 Å². The van der Waals surface area contributed by atoms with Gasteiger partial charge in [0, 0.05) is 13.0 Å². The zero-order valence-electron chi connectivity index (χ0n) is 12.0. The highest BCUT2D eigenvalue weighted by Gasteiger charge is 2.26. The van der Waals surface area contributed by atoms with Crippen molar-refractivity contribution < 1.29 is 14.4 Å². The molecule has 0 spiro atoms. The Kier molecular flexibility index (Phi) is 5.08. The zero-order valence-corrected chi connectivity index (χ0v) is 12.0. The van der Waals surface area contributed by atoms with Crippen LogP contribution in [0.2, 0.25) is 0 Å². The fourth-order valence-corrected chi connectivity index (χ4v) is 2.46. The molecule has 112 valence electrons. The summed E-state index contributed by atoms with van der Waals surface area (Å²) in [6, 6.07) is 0. The minimum Gasteiger partial charge on any atom is -0.353 e. The van der Waals surface area contributed by atoms with Crippen LogP contribution in [0.5, 0.6) is 0 Å². The molecule has 1 aliphatic heterocycles. The van der Waals surface area contributed by atoms with Crippen molar-refractivity contribution in [3.8, 4) is 0 Å². The molecule has 0 radical (unpaired) electrons. The molecule has 7 nitrogen and oxygen atoms in total. The number of nitrogens with zero attached hydrogens (tertiary/aromatic N) is 3. The predicted octanol–water partition coefficient (Wildman–Crippen LogP) is 2.07. The fraction of sp³-hybridized carbons (Fsp3) is 0.769. The Morgan fingerprint density at radius 1 is 1.35 bits per heavy atom. The van der Waals surface area contributed by atoms with Crippen LogP contribution in [0.4, 0.5) is 5.69 Å². The lowest BCUT2D eigenvalue weighted by Gasteiger charge is -2.23. The van der Waals surface area contributed by atoms with E-state index >= 15 is 0 Å². The van der Waals surface area contributed by atoms with Crippen molar-refractivity contribution in [2.75, 3.05) is 13.2 Å². The number of ether oxygens (including phenoxy) is 2. The van der Waals surface area contributed by atoms with Crippen molar-refractivity contribution in [3.05, 3.63) is 21.5 Å². The van der Waals surface area contributed by atoms with Gasteiger partial charge in [0.2, 0.25) is 0 Å². The molecule has 2 rings (SSSR count). The van der Waals surface area contributed by atoms with Crippen molar-refractivity contribution in [2.24, 2.45) is 0 Å². The van der Waals surface area contributed by atoms with E-state index in [4.69, 9.17) is 9.47 Å². The Labute approximate surface area is 118 Å². The Balaban J connectivity index is 2.12. The van der Waals surface area contributed by atoms with Gasteiger partial charge < -0.3 is 9.47 Å². The highest BCUT2D eigenvalue weighted by molar-refractivity contribution is 5.41. The van der Waals surface area contributed by atoms with Gasteiger partial charge in [0.1, 0.15) is 11.4 Å². The first-order valence-electron chi connectivity index (χ1n) is 7.13. The predicted molar refractivity (Wildman–Crippen MR) is 72.6 cm³/mol. The summed E-state index contributed by atoms with van der Waals surface area (Å²) in [7, 11) is 0. The van der Waals surface area contributed by atoms with E-state index in [-0.39, 0.29) is 16.9 Å². The first kappa shape index (κ1) is 14.9. The fourth-order valence-electron chi connectivity index (χ4n) is 2.46. The van der Waals surface area contributed by atoms with E-state index in [1.54, 1.807) is 4.68 Å². The summed E-state index contributed by atoms with van der Waals surface area (Å²) in [6.45, 7) is 5.80. The molecule has 20 heavy (non-hydrogen) atoms. The molecule has 1 aromatic heterocycles. The number of aromatic nitrogens is 2. The minimum atomic E-state index is -0.325. The number of hydrogen-bond donors (Lipinski definition) is 0. The smallest absolute Gasteiger partial charge is 0.313 e. The summed E-state index contributed by atoms with van der Waals surface area (Å²) in [5, 5.41) is 15.6. The van der Waals surface area contributed by atoms with Crippen LogP contribution in [0.1, 0.15) is 38.1 Å². The quantitative estimate of drug-likeness (QED) is 0.590. The van der Waals surface area contributed by atoms with Crippen LogP contribution in [-0.4, -0.2) is 34.2 Å². The van der Waals surface area contributed by atoms with Crippen LogP contribution in [0, 0.1) is 10.1 Å². The average Bonchev–Trinajstić information content (AvgIpc) is 2.84. The Morgan fingerprint density at radius 2 is 2.05 bits per heavy atom. The number of hydrogen-bond acceptors (Lipinski definition) is 5. The molecule has 0 N–H and O–H groups in total. The lowest BCUT2D eigenvalue weighted by Crippen LogP contribution is -2.26. The number of rotatable bonds is 6. The largest absolute Gasteiger partial charge is 0.353 e. The van der Waals surface area contributed by atoms with E-state index in [1.807, 2.05) is 13.8 Å². The van der Waals surface area contributed by atoms with Crippen molar-refractivity contribution in [3.63, 3.8) is 0 Å². The van der Waals surface area contributed by atoms with Gasteiger partial charge >= 0.3 is 5.69 Å². The van der Waals surface area contributed by atoms with Gasteiger partial charge in [-0.3, -0.25) is 14.8 Å². The number of aryl methyl sites for hydroxylation is 2. The molecule has 1 aromatic rings. The molecule has 1 saturated heterocycles. The lowest BCUT2D eigenvalue weighted by molar-refractivity contribution is -0.386. The highest BCUT2D eigenvalue weighted by atomic mass is 16.7. The average molecular weight is 283 g/mol. The molecule has 0 atom stereocenters. The van der Waals surface area contributed by atoms with Gasteiger partial charge in [0.05, 0.1) is 18.1 Å². The molecule has 0 amide bonds. The van der Waals surface area contributed by atoms with Crippen molar-refractivity contribution in [2.45, 2.75) is 52.4 Å². The van der Waals surface area contributed by atoms with E-state index < -0.39 is 0 Å². The molecule has 0 bridgehead atoms. The molecule has 0 aliphatic carbocycles. The van der Waals surface area contributed by atoms with Crippen LogP contribution in [0.15, 0.2) is 0 Å². The third-order valence-corrected chi connectivity index (χ3v) is 3.42. The second kappa shape index (κ2) is 6.81. The normalized spacial score (nSPS) is 16.5. The summed E-state index contributed by atoms with van der Waals surface area (Å²) in [5.74, 6) is 0. The molecule has 1 aliphatic rings. The highest BCUT2D eigenvalue weighted by Crippen LogP contribution is 2.25. The molecule has 1 fully saturated rings. The van der Waals surface area contributed by atoms with E-state index in [1.165, 1.54) is 0 Å². The second-order valence-electron chi connectivity index (χ2n) is 4.74. The lowest BCUT2D eigenvalue weighted by atomic mass is 10.2. The van der Waals surface area contributed by atoms with Crippen LogP contribution >= 0.6 is 0 Å². The molecule has 0 unspecified atom stereocenters. The van der Waals surface area contributed by atoms with Gasteiger partial charge in [-0.25, -0.2) is 0 Å². The minimum absolute atomic E-state index is 0.167. The van der Waals surface area contributed by atoms with Crippen LogP contribution < -0.4 is 0 Å². The maximum absolute atomic E-state index is 11.2. The van der Waals surface area contributed by atoms with Gasteiger partial charge in [-0.05, 0) is 19.3 Å². The van der Waals surface area contributed by atoms with Crippen LogP contribution in [0.25, 0.3) is 0 Å². The summed E-state index contributed by atoms with van der Waals surface area (Å²) in [6.07, 6.45) is 2.52.